The number of para-hydroxylation sites is 1. The summed E-state index contributed by atoms with van der Waals surface area (Å²) in [4.78, 5) is 31.8. The van der Waals surface area contributed by atoms with E-state index in [0.29, 0.717) is 29.8 Å². The number of hydrogen-bond acceptors (Lipinski definition) is 6. The van der Waals surface area contributed by atoms with Gasteiger partial charge in [0.25, 0.3) is 0 Å². The Morgan fingerprint density at radius 1 is 0.907 bits per heavy atom. The van der Waals surface area contributed by atoms with Crippen molar-refractivity contribution in [3.63, 3.8) is 0 Å². The highest BCUT2D eigenvalue weighted by Gasteiger charge is 2.33. The molecule has 9 nitrogen and oxygen atoms in total. The molecule has 0 bridgehead atoms. The van der Waals surface area contributed by atoms with Crippen LogP contribution in [0.3, 0.4) is 0 Å². The Hall–Kier alpha value is -5.09. The highest BCUT2D eigenvalue weighted by Crippen LogP contribution is 2.31. The lowest BCUT2D eigenvalue weighted by Crippen LogP contribution is -2.45. The first-order chi connectivity index (χ1) is 21.1. The zero-order valence-electron chi connectivity index (χ0n) is 23.5. The molecule has 43 heavy (non-hydrogen) atoms. The van der Waals surface area contributed by atoms with Crippen molar-refractivity contribution in [2.75, 3.05) is 36.1 Å². The summed E-state index contributed by atoms with van der Waals surface area (Å²) in [6.07, 6.45) is 0. The van der Waals surface area contributed by atoms with E-state index in [0.717, 1.165) is 24.3 Å². The van der Waals surface area contributed by atoms with E-state index >= 15 is 0 Å². The molecule has 1 atom stereocenters. The molecule has 1 N–H and O–H groups in total. The van der Waals surface area contributed by atoms with E-state index in [1.165, 1.54) is 27.8 Å². The van der Waals surface area contributed by atoms with Crippen LogP contribution in [0.25, 0.3) is 11.0 Å². The lowest BCUT2D eigenvalue weighted by Gasteiger charge is -2.32. The first-order valence-corrected chi connectivity index (χ1v) is 14.2. The van der Waals surface area contributed by atoms with Crippen LogP contribution in [0.15, 0.2) is 103 Å². The number of benzene rings is 4. The third kappa shape index (κ3) is 6.39. The van der Waals surface area contributed by atoms with Gasteiger partial charge in [-0.25, -0.2) is 9.07 Å². The molecule has 0 radical (unpaired) electrons. The molecule has 1 aliphatic rings. The number of rotatable bonds is 9. The lowest BCUT2D eigenvalue weighted by molar-refractivity contribution is -0.127. The summed E-state index contributed by atoms with van der Waals surface area (Å²) in [5.74, 6) is -1.37. The minimum Gasteiger partial charge on any atom is -0.378 e. The zero-order valence-corrected chi connectivity index (χ0v) is 23.5. The fraction of sp³-hybridized carbons (Fsp3) is 0.212. The average Bonchev–Trinajstić information content (AvgIpc) is 3.46. The molecular weight excluding hydrogens is 547 g/mol. The van der Waals surface area contributed by atoms with Gasteiger partial charge in [0.1, 0.15) is 23.9 Å². The number of carbonyl (C=O) groups excluding carboxylic acids is 2. The van der Waals surface area contributed by atoms with Gasteiger partial charge in [0.2, 0.25) is 11.8 Å². The van der Waals surface area contributed by atoms with Crippen LogP contribution in [0, 0.1) is 5.82 Å². The van der Waals surface area contributed by atoms with Crippen LogP contribution in [0.2, 0.25) is 0 Å². The van der Waals surface area contributed by atoms with Crippen LogP contribution in [0.4, 0.5) is 15.8 Å². The number of nitrogens with zero attached hydrogens (tertiary/aromatic N) is 5. The minimum atomic E-state index is -1.09. The van der Waals surface area contributed by atoms with Crippen LogP contribution < -0.4 is 15.1 Å². The van der Waals surface area contributed by atoms with Gasteiger partial charge in [-0.05, 0) is 53.6 Å². The monoisotopic (exact) mass is 578 g/mol. The van der Waals surface area contributed by atoms with Gasteiger partial charge in [-0.15, -0.1) is 5.10 Å². The summed E-state index contributed by atoms with van der Waals surface area (Å²) in [6, 6.07) is 29.0. The molecule has 218 valence electrons. The minimum absolute atomic E-state index is 0.203. The second kappa shape index (κ2) is 12.8. The lowest BCUT2D eigenvalue weighted by atomic mass is 10.0. The van der Waals surface area contributed by atoms with Crippen molar-refractivity contribution in [2.45, 2.75) is 19.1 Å². The third-order valence-electron chi connectivity index (χ3n) is 7.46. The van der Waals surface area contributed by atoms with Crippen molar-refractivity contribution in [1.82, 2.24) is 20.3 Å². The number of anilines is 2. The van der Waals surface area contributed by atoms with E-state index in [1.54, 1.807) is 6.07 Å². The van der Waals surface area contributed by atoms with Gasteiger partial charge < -0.3 is 15.0 Å². The van der Waals surface area contributed by atoms with Crippen LogP contribution in [-0.2, 0) is 27.4 Å². The topological polar surface area (TPSA) is 92.6 Å². The maximum atomic E-state index is 14.6. The van der Waals surface area contributed by atoms with Crippen LogP contribution in [-0.4, -0.2) is 53.1 Å². The molecule has 4 aromatic carbocycles. The Morgan fingerprint density at radius 3 is 2.42 bits per heavy atom. The second-order valence-corrected chi connectivity index (χ2v) is 10.3. The number of nitrogens with one attached hydrogen (secondary N) is 1. The Labute approximate surface area is 248 Å². The third-order valence-corrected chi connectivity index (χ3v) is 7.46. The van der Waals surface area contributed by atoms with Crippen LogP contribution in [0.1, 0.15) is 17.2 Å². The molecule has 0 unspecified atom stereocenters. The predicted molar refractivity (Wildman–Crippen MR) is 162 cm³/mol. The Balaban J connectivity index is 1.38. The van der Waals surface area contributed by atoms with Crippen LogP contribution >= 0.6 is 0 Å². The summed E-state index contributed by atoms with van der Waals surface area (Å²) in [7, 11) is 0. The van der Waals surface area contributed by atoms with Crippen molar-refractivity contribution in [2.24, 2.45) is 0 Å². The summed E-state index contributed by atoms with van der Waals surface area (Å²) >= 11 is 0. The Morgan fingerprint density at radius 2 is 1.65 bits per heavy atom. The SMILES string of the molecule is O=C(NCc1ccccc1)[C@@H](c1ccc(N2CCOCC2)cc1)N(C(=O)Cn1nnc2ccccc21)c1cccc(F)c1. The standard InChI is InChI=1S/C33H31FN6O3/c34-26-9-6-10-28(21-26)40(31(41)23-39-30-12-5-4-11-29(30)36-37-39)32(33(42)35-22-24-7-2-1-3-8-24)25-13-15-27(16-14-25)38-17-19-43-20-18-38/h1-16,21,32H,17-20,22-23H2,(H,35,42)/t32-/m1/s1. The van der Waals surface area contributed by atoms with Crippen molar-refractivity contribution in [3.05, 3.63) is 120 Å². The van der Waals surface area contributed by atoms with E-state index in [2.05, 4.69) is 20.5 Å². The van der Waals surface area contributed by atoms with Crippen molar-refractivity contribution in [1.29, 1.82) is 0 Å². The molecule has 1 aliphatic heterocycles. The molecule has 2 amide bonds. The van der Waals surface area contributed by atoms with Crippen molar-refractivity contribution >= 4 is 34.2 Å². The smallest absolute Gasteiger partial charge is 0.249 e. The Bertz CT molecular complexity index is 1700. The quantitative estimate of drug-likeness (QED) is 0.277. The second-order valence-electron chi connectivity index (χ2n) is 10.3. The maximum absolute atomic E-state index is 14.6. The fourth-order valence-corrected chi connectivity index (χ4v) is 5.29. The molecule has 1 fully saturated rings. The molecule has 2 heterocycles. The van der Waals surface area contributed by atoms with Gasteiger partial charge in [-0.1, -0.05) is 65.9 Å². The summed E-state index contributed by atoms with van der Waals surface area (Å²) in [5, 5.41) is 11.3. The molecule has 0 spiro atoms. The molecule has 1 aromatic heterocycles. The van der Waals surface area contributed by atoms with E-state index in [1.807, 2.05) is 78.9 Å². The van der Waals surface area contributed by atoms with Gasteiger partial charge in [0.05, 0.1) is 18.7 Å². The van der Waals surface area contributed by atoms with E-state index < -0.39 is 23.7 Å². The molecule has 1 saturated heterocycles. The van der Waals surface area contributed by atoms with Gasteiger partial charge >= 0.3 is 0 Å². The molecule has 5 aromatic rings. The number of fused-ring (bicyclic) bond motifs is 1. The molecular formula is C33H31FN6O3. The number of morpholine rings is 1. The molecule has 0 saturated carbocycles. The predicted octanol–water partition coefficient (Wildman–Crippen LogP) is 4.50. The van der Waals surface area contributed by atoms with E-state index in [-0.39, 0.29) is 18.8 Å². The largest absolute Gasteiger partial charge is 0.378 e. The first-order valence-electron chi connectivity index (χ1n) is 14.2. The van der Waals surface area contributed by atoms with Crippen molar-refractivity contribution < 1.29 is 18.7 Å². The number of amides is 2. The summed E-state index contributed by atoms with van der Waals surface area (Å²) in [5.41, 5.74) is 4.07. The van der Waals surface area contributed by atoms with Gasteiger partial charge in [-0.2, -0.15) is 0 Å². The summed E-state index contributed by atoms with van der Waals surface area (Å²) < 4.78 is 21.6. The molecule has 6 rings (SSSR count). The highest BCUT2D eigenvalue weighted by atomic mass is 19.1. The van der Waals surface area contributed by atoms with Crippen molar-refractivity contribution in [3.8, 4) is 0 Å². The zero-order chi connectivity index (χ0) is 29.6. The maximum Gasteiger partial charge on any atom is 0.249 e. The van der Waals surface area contributed by atoms with Gasteiger partial charge in [-0.3, -0.25) is 14.5 Å². The van der Waals surface area contributed by atoms with Gasteiger partial charge in [0, 0.05) is 31.0 Å². The van der Waals surface area contributed by atoms with Gasteiger partial charge in [0.15, 0.2) is 0 Å². The molecule has 0 aliphatic carbocycles. The summed E-state index contributed by atoms with van der Waals surface area (Å²) in [6.45, 7) is 2.88. The van der Waals surface area contributed by atoms with Crippen LogP contribution in [0.5, 0.6) is 0 Å². The number of ether oxygens (including phenoxy) is 1. The van der Waals surface area contributed by atoms with E-state index in [9.17, 15) is 14.0 Å². The number of hydrogen-bond donors (Lipinski definition) is 1. The number of halogens is 1. The number of carbonyl (C=O) groups is 2. The average molecular weight is 579 g/mol. The molecule has 10 heteroatoms. The first kappa shape index (κ1) is 28.0. The number of aromatic nitrogens is 3. The Kier molecular flexibility index (Phi) is 8.37. The van der Waals surface area contributed by atoms with E-state index in [4.69, 9.17) is 4.74 Å². The fourth-order valence-electron chi connectivity index (χ4n) is 5.29. The normalized spacial score (nSPS) is 13.9. The highest BCUT2D eigenvalue weighted by molar-refractivity contribution is 6.01.